The minimum absolute atomic E-state index is 0.0199. The lowest BCUT2D eigenvalue weighted by Crippen LogP contribution is -2.70. The molecule has 0 aromatic rings. The Hall–Kier alpha value is -0.733. The highest BCUT2D eigenvalue weighted by Gasteiger charge is 2.91. The van der Waals surface area contributed by atoms with Gasteiger partial charge in [-0.25, -0.2) is 0 Å². The molecule has 0 aliphatic rings. The maximum absolute atomic E-state index is 13.3. The van der Waals surface area contributed by atoms with Gasteiger partial charge in [-0.2, -0.15) is 57.1 Å². The van der Waals surface area contributed by atoms with Gasteiger partial charge in [0.25, 0.3) is 0 Å². The van der Waals surface area contributed by atoms with Crippen molar-refractivity contribution in [3.8, 4) is 0 Å². The van der Waals surface area contributed by atoms with Crippen LogP contribution in [-0.2, 0) is 4.80 Å². The molecule has 0 aliphatic carbocycles. The molecule has 0 fully saturated rings. The van der Waals surface area contributed by atoms with E-state index in [-0.39, 0.29) is 6.92 Å². The molecule has 0 aliphatic heterocycles. The summed E-state index contributed by atoms with van der Waals surface area (Å²) in [5.74, 6) is -37.1. The molecule has 0 aromatic carbocycles. The molecule has 0 saturated carbocycles. The molecule has 0 rings (SSSR count). The van der Waals surface area contributed by atoms with Gasteiger partial charge in [0.05, 0.1) is 0 Å². The molecule has 0 saturated heterocycles. The lowest BCUT2D eigenvalue weighted by Gasteiger charge is -2.41. The zero-order valence-electron chi connectivity index (χ0n) is 11.5. The smallest absolute Gasteiger partial charge is 0.302 e. The van der Waals surface area contributed by atoms with E-state index >= 15 is 0 Å². The zero-order valence-corrected chi connectivity index (χ0v) is 12.6. The molecule has 15 heteroatoms. The second kappa shape index (κ2) is 5.91. The van der Waals surface area contributed by atoms with E-state index in [2.05, 4.69) is 0 Å². The van der Waals surface area contributed by atoms with Gasteiger partial charge in [0, 0.05) is 5.54 Å². The van der Waals surface area contributed by atoms with Gasteiger partial charge < -0.3 is 4.80 Å². The molecular weight excluding hydrogens is 399 g/mol. The first-order valence-electron chi connectivity index (χ1n) is 5.72. The third-order valence-corrected chi connectivity index (χ3v) is 5.06. The third kappa shape index (κ3) is 2.97. The van der Waals surface area contributed by atoms with Gasteiger partial charge in [0.1, 0.15) is 0 Å². The van der Waals surface area contributed by atoms with Crippen molar-refractivity contribution < 1.29 is 61.9 Å². The van der Waals surface area contributed by atoms with Crippen LogP contribution >= 0.6 is 0 Å². The van der Waals surface area contributed by atoms with E-state index in [1.165, 1.54) is 0 Å². The van der Waals surface area contributed by atoms with Crippen molar-refractivity contribution in [1.29, 1.82) is 0 Å². The molecule has 0 spiro atoms. The molecule has 2 unspecified atom stereocenters. The molecule has 0 aromatic heterocycles. The fourth-order valence-corrected chi connectivity index (χ4v) is 2.16. The molecule has 145 valence electrons. The van der Waals surface area contributed by atoms with Gasteiger partial charge in [-0.1, -0.05) is 6.92 Å². The molecule has 0 bridgehead atoms. The summed E-state index contributed by atoms with van der Waals surface area (Å²) in [5.41, 5.74) is -3.16. The van der Waals surface area contributed by atoms with Crippen molar-refractivity contribution in [3.63, 3.8) is 0 Å². The van der Waals surface area contributed by atoms with Crippen LogP contribution < -0.4 is 0 Å². The normalized spacial score (nSPS) is 18.5. The summed E-state index contributed by atoms with van der Waals surface area (Å²) in [6, 6.07) is 0. The Morgan fingerprint density at radius 2 is 0.917 bits per heavy atom. The van der Waals surface area contributed by atoms with Gasteiger partial charge in [0.2, 0.25) is 9.04 Å². The number of hydrogen-bond acceptors (Lipinski definition) is 0. The van der Waals surface area contributed by atoms with Crippen LogP contribution in [0.3, 0.4) is 0 Å². The summed E-state index contributed by atoms with van der Waals surface area (Å²) in [6.07, 6.45) is -7.43. The lowest BCUT2D eigenvalue weighted by molar-refractivity contribution is -0.440. The second-order valence-electron chi connectivity index (χ2n) is 4.91. The van der Waals surface area contributed by atoms with Crippen molar-refractivity contribution >= 4 is 9.04 Å². The minimum Gasteiger partial charge on any atom is -0.302 e. The molecule has 24 heavy (non-hydrogen) atoms. The molecular formula is C9H8F13OSi. The summed E-state index contributed by atoms with van der Waals surface area (Å²) in [7, 11) is -4.16. The van der Waals surface area contributed by atoms with Crippen LogP contribution in [0.4, 0.5) is 57.1 Å². The van der Waals surface area contributed by atoms with E-state index in [9.17, 15) is 61.9 Å². The Labute approximate surface area is 127 Å². The average Bonchev–Trinajstić information content (AvgIpc) is 2.35. The van der Waals surface area contributed by atoms with Gasteiger partial charge in [0.15, 0.2) is 0 Å². The Morgan fingerprint density at radius 1 is 0.625 bits per heavy atom. The number of hydrogen-bond donors (Lipinski definition) is 0. The molecule has 0 N–H and O–H groups in total. The van der Waals surface area contributed by atoms with Crippen molar-refractivity contribution in [2.45, 2.75) is 54.8 Å². The van der Waals surface area contributed by atoms with Crippen LogP contribution in [0.5, 0.6) is 0 Å². The molecule has 1 nitrogen and oxygen atoms in total. The van der Waals surface area contributed by atoms with Crippen LogP contribution in [-0.4, -0.2) is 44.8 Å². The second-order valence-corrected chi connectivity index (χ2v) is 7.32. The quantitative estimate of drug-likeness (QED) is 0.441. The van der Waals surface area contributed by atoms with Crippen LogP contribution in [0.1, 0.15) is 6.92 Å². The molecule has 1 radical (unpaired) electrons. The van der Waals surface area contributed by atoms with E-state index in [1.54, 1.807) is 0 Å². The van der Waals surface area contributed by atoms with Gasteiger partial charge in [-0.3, -0.25) is 0 Å². The van der Waals surface area contributed by atoms with Crippen molar-refractivity contribution in [2.24, 2.45) is 0 Å². The average molecular weight is 407 g/mol. The van der Waals surface area contributed by atoms with Crippen molar-refractivity contribution in [2.75, 3.05) is 0 Å². The predicted octanol–water partition coefficient (Wildman–Crippen LogP) is 4.90. The van der Waals surface area contributed by atoms with E-state index in [0.29, 0.717) is 6.55 Å². The van der Waals surface area contributed by atoms with Gasteiger partial charge >= 0.3 is 35.8 Å². The van der Waals surface area contributed by atoms with E-state index < -0.39 is 50.4 Å². The summed E-state index contributed by atoms with van der Waals surface area (Å²) in [6.45, 7) is 0.364. The maximum atomic E-state index is 13.3. The fraction of sp³-hybridized carbons (Fsp3) is 1.00. The maximum Gasteiger partial charge on any atom is 0.460 e. The summed E-state index contributed by atoms with van der Waals surface area (Å²) in [4.78, 5) is 10.8. The standard InChI is InChI=1S/C9H8F13OSi/c1-3(24(2)23)4(10,11)5(12,13)6(14,15)7(16,17)8(18,19)9(20,21)22/h3,24H,1-2H3. The Morgan fingerprint density at radius 3 is 1.17 bits per heavy atom. The van der Waals surface area contributed by atoms with E-state index in [4.69, 9.17) is 0 Å². The SMILES string of the molecule is CC([SiH](C)[O])C(F)(F)C(F)(F)C(F)(F)C(F)(F)C(F)(F)C(F)(F)F. The van der Waals surface area contributed by atoms with Crippen molar-refractivity contribution in [3.05, 3.63) is 0 Å². The number of rotatable bonds is 6. The van der Waals surface area contributed by atoms with Crippen LogP contribution in [0.2, 0.25) is 12.1 Å². The van der Waals surface area contributed by atoms with E-state index in [1.807, 2.05) is 0 Å². The van der Waals surface area contributed by atoms with Crippen LogP contribution in [0, 0.1) is 0 Å². The highest BCUT2D eigenvalue weighted by atomic mass is 28.3. The first-order valence-corrected chi connectivity index (χ1v) is 8.01. The highest BCUT2D eigenvalue weighted by Crippen LogP contribution is 2.61. The topological polar surface area (TPSA) is 19.9 Å². The third-order valence-electron chi connectivity index (χ3n) is 3.23. The molecule has 0 amide bonds. The Balaban J connectivity index is 6.31. The highest BCUT2D eigenvalue weighted by molar-refractivity contribution is 6.50. The Bertz CT molecular complexity index is 455. The van der Waals surface area contributed by atoms with Gasteiger partial charge in [-0.05, 0) is 6.55 Å². The van der Waals surface area contributed by atoms with Crippen LogP contribution in [0.15, 0.2) is 0 Å². The first-order chi connectivity index (χ1) is 10.1. The number of halogens is 13. The predicted molar refractivity (Wildman–Crippen MR) is 53.9 cm³/mol. The minimum atomic E-state index is -7.92. The van der Waals surface area contributed by atoms with E-state index in [0.717, 1.165) is 0 Å². The Kier molecular flexibility index (Phi) is 5.73. The summed E-state index contributed by atoms with van der Waals surface area (Å²) in [5, 5.41) is 0. The zero-order chi connectivity index (χ0) is 20.2. The first kappa shape index (κ1) is 23.3. The summed E-state index contributed by atoms with van der Waals surface area (Å²) < 4.78 is 165. The number of alkyl halides is 13. The van der Waals surface area contributed by atoms with Crippen LogP contribution in [0.25, 0.3) is 0 Å². The molecule has 2 atom stereocenters. The monoisotopic (exact) mass is 407 g/mol. The van der Waals surface area contributed by atoms with Crippen molar-refractivity contribution in [1.82, 2.24) is 0 Å². The molecule has 0 heterocycles. The lowest BCUT2D eigenvalue weighted by atomic mass is 9.93. The fourth-order valence-electron chi connectivity index (χ4n) is 1.36. The largest absolute Gasteiger partial charge is 0.460 e. The summed E-state index contributed by atoms with van der Waals surface area (Å²) >= 11 is 0. The van der Waals surface area contributed by atoms with Gasteiger partial charge in [-0.15, -0.1) is 0 Å².